The zero-order chi connectivity index (χ0) is 16.1. The van der Waals surface area contributed by atoms with Crippen molar-refractivity contribution in [3.63, 3.8) is 0 Å². The molecule has 0 aliphatic carbocycles. The zero-order valence-electron chi connectivity index (χ0n) is 11.9. The first kappa shape index (κ1) is 15.4. The predicted molar refractivity (Wildman–Crippen MR) is 78.8 cm³/mol. The number of aryl methyl sites for hydroxylation is 2. The number of carbonyl (C=O) groups excluding carboxylic acids is 1. The Bertz CT molecular complexity index is 749. The van der Waals surface area contributed by atoms with Crippen LogP contribution < -0.4 is 5.56 Å². The van der Waals surface area contributed by atoms with Crippen molar-refractivity contribution < 1.29 is 14.5 Å². The van der Waals surface area contributed by atoms with Crippen LogP contribution in [0.3, 0.4) is 0 Å². The Kier molecular flexibility index (Phi) is 4.67. The van der Waals surface area contributed by atoms with E-state index in [4.69, 9.17) is 0 Å². The number of nitrogens with zero attached hydrogens (tertiary/aromatic N) is 2. The molecule has 0 radical (unpaired) electrons. The highest BCUT2D eigenvalue weighted by molar-refractivity contribution is 5.89. The van der Waals surface area contributed by atoms with Crippen LogP contribution in [0, 0.1) is 10.1 Å². The Balaban J connectivity index is 2.11. The van der Waals surface area contributed by atoms with E-state index in [2.05, 4.69) is 4.74 Å². The van der Waals surface area contributed by atoms with Gasteiger partial charge in [0.2, 0.25) is 0 Å². The van der Waals surface area contributed by atoms with E-state index in [0.29, 0.717) is 18.5 Å². The summed E-state index contributed by atoms with van der Waals surface area (Å²) in [6.07, 6.45) is 2.03. The van der Waals surface area contributed by atoms with Crippen LogP contribution in [0.1, 0.15) is 15.9 Å². The molecule has 0 saturated carbocycles. The minimum Gasteiger partial charge on any atom is -0.465 e. The minimum absolute atomic E-state index is 0.318. The van der Waals surface area contributed by atoms with Crippen LogP contribution in [0.4, 0.5) is 5.69 Å². The van der Waals surface area contributed by atoms with Gasteiger partial charge in [0.25, 0.3) is 0 Å². The molecule has 2 rings (SSSR count). The van der Waals surface area contributed by atoms with E-state index in [-0.39, 0.29) is 0 Å². The smallest absolute Gasteiger partial charge is 0.337 e. The van der Waals surface area contributed by atoms with Gasteiger partial charge in [-0.05, 0) is 30.2 Å². The average Bonchev–Trinajstić information content (AvgIpc) is 2.53. The molecule has 0 spiro atoms. The van der Waals surface area contributed by atoms with Gasteiger partial charge in [-0.1, -0.05) is 12.1 Å². The molecule has 2 aromatic rings. The molecule has 114 valence electrons. The van der Waals surface area contributed by atoms with Crippen LogP contribution >= 0.6 is 0 Å². The third-order valence-corrected chi connectivity index (χ3v) is 3.21. The molecule has 1 aromatic heterocycles. The molecule has 0 aliphatic rings. The molecule has 0 amide bonds. The second-order valence-corrected chi connectivity index (χ2v) is 4.59. The minimum atomic E-state index is -0.690. The van der Waals surface area contributed by atoms with Crippen molar-refractivity contribution in [3.8, 4) is 0 Å². The monoisotopic (exact) mass is 302 g/mol. The number of carbonyl (C=O) groups is 1. The van der Waals surface area contributed by atoms with Crippen LogP contribution in [-0.2, 0) is 17.7 Å². The molecular formula is C15H14N2O5. The molecule has 7 heteroatoms. The van der Waals surface area contributed by atoms with Gasteiger partial charge in [0.1, 0.15) is 0 Å². The summed E-state index contributed by atoms with van der Waals surface area (Å²) in [7, 11) is 1.31. The molecule has 1 heterocycles. The first-order valence-electron chi connectivity index (χ1n) is 6.54. The van der Waals surface area contributed by atoms with E-state index in [1.807, 2.05) is 0 Å². The van der Waals surface area contributed by atoms with Gasteiger partial charge in [-0.15, -0.1) is 0 Å². The van der Waals surface area contributed by atoms with Gasteiger partial charge in [0.05, 0.1) is 17.6 Å². The van der Waals surface area contributed by atoms with E-state index in [1.165, 1.54) is 30.0 Å². The van der Waals surface area contributed by atoms with Gasteiger partial charge in [0, 0.05) is 18.8 Å². The molecule has 0 unspecified atom stereocenters. The lowest BCUT2D eigenvalue weighted by Crippen LogP contribution is -2.22. The van der Waals surface area contributed by atoms with Crippen molar-refractivity contribution in [2.45, 2.75) is 13.0 Å². The maximum atomic E-state index is 11.9. The van der Waals surface area contributed by atoms with E-state index in [1.54, 1.807) is 24.3 Å². The SMILES string of the molecule is COC(=O)c1ccc(CCn2cccc([N+](=O)[O-])c2=O)cc1. The average molecular weight is 302 g/mol. The van der Waals surface area contributed by atoms with Crippen molar-refractivity contribution >= 4 is 11.7 Å². The van der Waals surface area contributed by atoms with Gasteiger partial charge < -0.3 is 9.30 Å². The fourth-order valence-corrected chi connectivity index (χ4v) is 2.01. The van der Waals surface area contributed by atoms with E-state index >= 15 is 0 Å². The van der Waals surface area contributed by atoms with Crippen molar-refractivity contribution in [2.75, 3.05) is 7.11 Å². The second-order valence-electron chi connectivity index (χ2n) is 4.59. The van der Waals surface area contributed by atoms with Gasteiger partial charge in [0.15, 0.2) is 0 Å². The predicted octanol–water partition coefficient (Wildman–Crippen LogP) is 1.79. The summed E-state index contributed by atoms with van der Waals surface area (Å²) >= 11 is 0. The third kappa shape index (κ3) is 3.38. The first-order valence-corrected chi connectivity index (χ1v) is 6.54. The summed E-state index contributed by atoms with van der Waals surface area (Å²) < 4.78 is 5.91. The molecule has 0 fully saturated rings. The molecular weight excluding hydrogens is 288 g/mol. The zero-order valence-corrected chi connectivity index (χ0v) is 11.9. The van der Waals surface area contributed by atoms with Crippen molar-refractivity contribution in [1.29, 1.82) is 0 Å². The topological polar surface area (TPSA) is 91.4 Å². The Morgan fingerprint density at radius 1 is 1.27 bits per heavy atom. The molecule has 22 heavy (non-hydrogen) atoms. The number of rotatable bonds is 5. The Morgan fingerprint density at radius 3 is 2.55 bits per heavy atom. The Labute approximate surface area is 125 Å². The second kappa shape index (κ2) is 6.66. The largest absolute Gasteiger partial charge is 0.465 e. The lowest BCUT2D eigenvalue weighted by atomic mass is 10.1. The number of aromatic nitrogens is 1. The summed E-state index contributed by atoms with van der Waals surface area (Å²) in [5.41, 5.74) is 0.284. The molecule has 0 aliphatic heterocycles. The summed E-state index contributed by atoms with van der Waals surface area (Å²) in [6.45, 7) is 0.318. The highest BCUT2D eigenvalue weighted by Gasteiger charge is 2.13. The van der Waals surface area contributed by atoms with E-state index in [0.717, 1.165) is 5.56 Å². The van der Waals surface area contributed by atoms with E-state index < -0.39 is 22.1 Å². The van der Waals surface area contributed by atoms with Gasteiger partial charge in [-0.2, -0.15) is 0 Å². The maximum Gasteiger partial charge on any atom is 0.337 e. The van der Waals surface area contributed by atoms with Gasteiger partial charge in [-0.3, -0.25) is 14.9 Å². The maximum absolute atomic E-state index is 11.9. The summed E-state index contributed by atoms with van der Waals surface area (Å²) in [6, 6.07) is 9.45. The quantitative estimate of drug-likeness (QED) is 0.477. The van der Waals surface area contributed by atoms with Crippen LogP contribution in [0.15, 0.2) is 47.4 Å². The van der Waals surface area contributed by atoms with Crippen LogP contribution in [-0.4, -0.2) is 22.6 Å². The Hall–Kier alpha value is -2.96. The summed E-state index contributed by atoms with van der Waals surface area (Å²) in [5, 5.41) is 10.7. The number of pyridine rings is 1. The molecule has 0 saturated heterocycles. The number of hydrogen-bond acceptors (Lipinski definition) is 5. The van der Waals surface area contributed by atoms with E-state index in [9.17, 15) is 19.7 Å². The number of ether oxygens (including phenoxy) is 1. The van der Waals surface area contributed by atoms with Gasteiger partial charge >= 0.3 is 17.2 Å². The molecule has 0 atom stereocenters. The summed E-state index contributed by atoms with van der Waals surface area (Å²) in [4.78, 5) is 33.2. The van der Waals surface area contributed by atoms with Crippen molar-refractivity contribution in [1.82, 2.24) is 4.57 Å². The fraction of sp³-hybridized carbons (Fsp3) is 0.200. The summed E-state index contributed by atoms with van der Waals surface area (Å²) in [5.74, 6) is -0.415. The third-order valence-electron chi connectivity index (χ3n) is 3.21. The Morgan fingerprint density at radius 2 is 1.95 bits per heavy atom. The van der Waals surface area contributed by atoms with Crippen LogP contribution in [0.2, 0.25) is 0 Å². The molecule has 0 bridgehead atoms. The normalized spacial score (nSPS) is 10.2. The number of esters is 1. The van der Waals surface area contributed by atoms with Crippen molar-refractivity contribution in [2.24, 2.45) is 0 Å². The number of methoxy groups -OCH3 is 1. The van der Waals surface area contributed by atoms with Crippen LogP contribution in [0.25, 0.3) is 0 Å². The molecule has 1 aromatic carbocycles. The fourth-order valence-electron chi connectivity index (χ4n) is 2.01. The molecule has 0 N–H and O–H groups in total. The van der Waals surface area contributed by atoms with Crippen molar-refractivity contribution in [3.05, 3.63) is 74.2 Å². The highest BCUT2D eigenvalue weighted by atomic mass is 16.6. The molecule has 7 nitrogen and oxygen atoms in total. The standard InChI is InChI=1S/C15H14N2O5/c1-22-15(19)12-6-4-11(5-7-12)8-10-16-9-2-3-13(14(16)18)17(20)21/h2-7,9H,8,10H2,1H3. The number of benzene rings is 1. The first-order chi connectivity index (χ1) is 10.5. The lowest BCUT2D eigenvalue weighted by Gasteiger charge is -2.06. The lowest BCUT2D eigenvalue weighted by molar-refractivity contribution is -0.386. The van der Waals surface area contributed by atoms with Gasteiger partial charge in [-0.25, -0.2) is 4.79 Å². The number of hydrogen-bond donors (Lipinski definition) is 0. The number of nitro groups is 1. The van der Waals surface area contributed by atoms with Crippen LogP contribution in [0.5, 0.6) is 0 Å². The highest BCUT2D eigenvalue weighted by Crippen LogP contribution is 2.08.